The van der Waals surface area contributed by atoms with Gasteiger partial charge in [-0.1, -0.05) is 91.0 Å². The Hall–Kier alpha value is -4.42. The summed E-state index contributed by atoms with van der Waals surface area (Å²) >= 11 is 0. The van der Waals surface area contributed by atoms with Crippen LogP contribution in [0.25, 0.3) is 11.1 Å². The largest absolute Gasteiger partial charge is 0.497 e. The van der Waals surface area contributed by atoms with E-state index in [9.17, 15) is 14.7 Å². The molecule has 0 amide bonds. The maximum absolute atomic E-state index is 13.8. The number of carbonyl (C=O) groups excluding carboxylic acids is 2. The number of carbonyl (C=O) groups is 2. The van der Waals surface area contributed by atoms with Crippen LogP contribution in [-0.2, 0) is 45.1 Å². The van der Waals surface area contributed by atoms with Crippen molar-refractivity contribution in [2.75, 3.05) is 7.11 Å². The van der Waals surface area contributed by atoms with Gasteiger partial charge in [0.1, 0.15) is 18.0 Å². The Morgan fingerprint density at radius 2 is 1.14 bits per heavy atom. The van der Waals surface area contributed by atoms with Crippen LogP contribution in [0.1, 0.15) is 43.0 Å². The fourth-order valence-electron chi connectivity index (χ4n) is 4.90. The molecule has 0 heterocycles. The summed E-state index contributed by atoms with van der Waals surface area (Å²) in [6.07, 6.45) is 0.648. The quantitative estimate of drug-likeness (QED) is 0.183. The van der Waals surface area contributed by atoms with Crippen molar-refractivity contribution in [3.63, 3.8) is 0 Å². The van der Waals surface area contributed by atoms with Crippen molar-refractivity contribution < 1.29 is 28.9 Å². The van der Waals surface area contributed by atoms with E-state index in [1.54, 1.807) is 7.11 Å². The first-order chi connectivity index (χ1) is 20.6. The molecule has 43 heavy (non-hydrogen) atoms. The van der Waals surface area contributed by atoms with E-state index in [4.69, 9.17) is 14.2 Å². The molecule has 4 aromatic rings. The molecule has 0 aliphatic carbocycles. The van der Waals surface area contributed by atoms with E-state index in [0.29, 0.717) is 12.8 Å². The van der Waals surface area contributed by atoms with E-state index in [1.807, 2.05) is 124 Å². The molecule has 0 fully saturated rings. The number of esters is 2. The standard InChI is InChI=1S/C37H40O6/c1-37(2,3)43-36(40)34(23-27-10-16-30(17-11-27)31-18-12-28(24-38)13-19-31)33(22-26-8-6-5-7-9-26)35(39)42-25-29-14-20-32(41-4)21-15-29/h5-21,33-34,38H,22-25H2,1-4H3/t33-,34-/m0/s1. The Labute approximate surface area is 254 Å². The van der Waals surface area contributed by atoms with Crippen molar-refractivity contribution in [3.05, 3.63) is 125 Å². The molecule has 4 rings (SSSR count). The van der Waals surface area contributed by atoms with Crippen LogP contribution >= 0.6 is 0 Å². The zero-order chi connectivity index (χ0) is 30.8. The minimum atomic E-state index is -0.766. The third-order valence-corrected chi connectivity index (χ3v) is 7.22. The van der Waals surface area contributed by atoms with Crippen LogP contribution in [0.3, 0.4) is 0 Å². The number of hydrogen-bond donors (Lipinski definition) is 1. The molecule has 4 aromatic carbocycles. The fourth-order valence-corrected chi connectivity index (χ4v) is 4.90. The van der Waals surface area contributed by atoms with Gasteiger partial charge in [0.2, 0.25) is 0 Å². The molecular weight excluding hydrogens is 540 g/mol. The SMILES string of the molecule is COc1ccc(COC(=O)[C@@H](Cc2ccccc2)[C@H](Cc2ccc(-c3ccc(CO)cc3)cc2)C(=O)OC(C)(C)C)cc1. The van der Waals surface area contributed by atoms with Gasteiger partial charge in [-0.05, 0) is 79.1 Å². The van der Waals surface area contributed by atoms with Gasteiger partial charge in [0.05, 0.1) is 25.6 Å². The highest BCUT2D eigenvalue weighted by atomic mass is 16.6. The second-order valence-electron chi connectivity index (χ2n) is 11.6. The Morgan fingerprint density at radius 3 is 1.65 bits per heavy atom. The van der Waals surface area contributed by atoms with Gasteiger partial charge in [0, 0.05) is 0 Å². The van der Waals surface area contributed by atoms with Gasteiger partial charge in [0.15, 0.2) is 0 Å². The molecule has 0 aliphatic heterocycles. The Bertz CT molecular complexity index is 1450. The highest BCUT2D eigenvalue weighted by Gasteiger charge is 2.38. The van der Waals surface area contributed by atoms with Crippen LogP contribution in [0.2, 0.25) is 0 Å². The van der Waals surface area contributed by atoms with Gasteiger partial charge in [-0.2, -0.15) is 0 Å². The van der Waals surface area contributed by atoms with E-state index in [1.165, 1.54) is 0 Å². The predicted molar refractivity (Wildman–Crippen MR) is 167 cm³/mol. The summed E-state index contributed by atoms with van der Waals surface area (Å²) in [7, 11) is 1.60. The van der Waals surface area contributed by atoms with Gasteiger partial charge in [0.25, 0.3) is 0 Å². The van der Waals surface area contributed by atoms with E-state index in [2.05, 4.69) is 0 Å². The number of aliphatic hydroxyl groups is 1. The zero-order valence-electron chi connectivity index (χ0n) is 25.3. The summed E-state index contributed by atoms with van der Waals surface area (Å²) in [5.74, 6) is -1.69. The van der Waals surface area contributed by atoms with E-state index >= 15 is 0 Å². The number of benzene rings is 4. The van der Waals surface area contributed by atoms with Crippen LogP contribution in [0.15, 0.2) is 103 Å². The Morgan fingerprint density at radius 1 is 0.651 bits per heavy atom. The smallest absolute Gasteiger partial charge is 0.310 e. The highest BCUT2D eigenvalue weighted by Crippen LogP contribution is 2.29. The molecule has 6 heteroatoms. The molecule has 0 spiro atoms. The molecule has 0 bridgehead atoms. The Kier molecular flexibility index (Phi) is 10.7. The third-order valence-electron chi connectivity index (χ3n) is 7.22. The van der Waals surface area contributed by atoms with Crippen LogP contribution in [-0.4, -0.2) is 29.8 Å². The second-order valence-corrected chi connectivity index (χ2v) is 11.6. The van der Waals surface area contributed by atoms with Gasteiger partial charge >= 0.3 is 11.9 Å². The third kappa shape index (κ3) is 9.29. The molecule has 0 aromatic heterocycles. The molecule has 0 radical (unpaired) electrons. The van der Waals surface area contributed by atoms with Crippen LogP contribution in [0.4, 0.5) is 0 Å². The Balaban J connectivity index is 1.61. The topological polar surface area (TPSA) is 82.1 Å². The summed E-state index contributed by atoms with van der Waals surface area (Å²) < 4.78 is 16.9. The van der Waals surface area contributed by atoms with Crippen molar-refractivity contribution in [1.82, 2.24) is 0 Å². The predicted octanol–water partition coefficient (Wildman–Crippen LogP) is 6.96. The molecule has 0 saturated carbocycles. The number of rotatable bonds is 12. The van der Waals surface area contributed by atoms with E-state index in [0.717, 1.165) is 39.1 Å². The minimum Gasteiger partial charge on any atom is -0.497 e. The average molecular weight is 581 g/mol. The lowest BCUT2D eigenvalue weighted by molar-refractivity contribution is -0.168. The molecule has 1 N–H and O–H groups in total. The first-order valence-electron chi connectivity index (χ1n) is 14.5. The number of methoxy groups -OCH3 is 1. The number of aliphatic hydroxyl groups excluding tert-OH is 1. The highest BCUT2D eigenvalue weighted by molar-refractivity contribution is 5.83. The molecule has 0 aliphatic rings. The molecular formula is C37H40O6. The second kappa shape index (κ2) is 14.7. The van der Waals surface area contributed by atoms with Gasteiger partial charge in [-0.25, -0.2) is 0 Å². The summed E-state index contributed by atoms with van der Waals surface area (Å²) in [5.41, 5.74) is 4.84. The van der Waals surface area contributed by atoms with E-state index in [-0.39, 0.29) is 13.2 Å². The lowest BCUT2D eigenvalue weighted by atomic mass is 9.82. The summed E-state index contributed by atoms with van der Waals surface area (Å²) in [6, 6.07) is 32.7. The zero-order valence-corrected chi connectivity index (χ0v) is 25.3. The molecule has 224 valence electrons. The lowest BCUT2D eigenvalue weighted by Gasteiger charge is -2.28. The normalized spacial score (nSPS) is 12.7. The summed E-state index contributed by atoms with van der Waals surface area (Å²) in [5, 5.41) is 9.35. The monoisotopic (exact) mass is 580 g/mol. The lowest BCUT2D eigenvalue weighted by Crippen LogP contribution is -2.38. The molecule has 2 atom stereocenters. The average Bonchev–Trinajstić information content (AvgIpc) is 3.02. The van der Waals surface area contributed by atoms with Crippen LogP contribution in [0, 0.1) is 11.8 Å². The maximum atomic E-state index is 13.8. The maximum Gasteiger partial charge on any atom is 0.310 e. The van der Waals surface area contributed by atoms with Gasteiger partial charge in [-0.3, -0.25) is 9.59 Å². The number of ether oxygens (including phenoxy) is 3. The molecule has 0 unspecified atom stereocenters. The van der Waals surface area contributed by atoms with Crippen molar-refractivity contribution in [2.24, 2.45) is 11.8 Å². The molecule has 0 saturated heterocycles. The van der Waals surface area contributed by atoms with Crippen LogP contribution in [0.5, 0.6) is 5.75 Å². The van der Waals surface area contributed by atoms with Crippen molar-refractivity contribution in [3.8, 4) is 16.9 Å². The molecule has 6 nitrogen and oxygen atoms in total. The first kappa shape index (κ1) is 31.5. The summed E-state index contributed by atoms with van der Waals surface area (Å²) in [4.78, 5) is 27.5. The van der Waals surface area contributed by atoms with Crippen molar-refractivity contribution >= 4 is 11.9 Å². The van der Waals surface area contributed by atoms with Gasteiger partial charge in [-0.15, -0.1) is 0 Å². The number of hydrogen-bond acceptors (Lipinski definition) is 6. The van der Waals surface area contributed by atoms with E-state index < -0.39 is 29.4 Å². The summed E-state index contributed by atoms with van der Waals surface area (Å²) in [6.45, 7) is 5.56. The van der Waals surface area contributed by atoms with Gasteiger partial charge < -0.3 is 19.3 Å². The van der Waals surface area contributed by atoms with Crippen LogP contribution < -0.4 is 4.74 Å². The minimum absolute atomic E-state index is 0.00203. The van der Waals surface area contributed by atoms with Crippen molar-refractivity contribution in [1.29, 1.82) is 0 Å². The fraction of sp³-hybridized carbons (Fsp3) is 0.297. The first-order valence-corrected chi connectivity index (χ1v) is 14.5. The van der Waals surface area contributed by atoms with Crippen molar-refractivity contribution in [2.45, 2.75) is 52.4 Å².